The maximum Gasteiger partial charge on any atom is 0.308 e. The third-order valence-electron chi connectivity index (χ3n) is 4.07. The van der Waals surface area contributed by atoms with Crippen LogP contribution in [0.3, 0.4) is 0 Å². The predicted molar refractivity (Wildman–Crippen MR) is 100 cm³/mol. The maximum atomic E-state index is 12.7. The number of hydrogen-bond acceptors (Lipinski definition) is 5. The lowest BCUT2D eigenvalue weighted by atomic mass is 10.1. The van der Waals surface area contributed by atoms with E-state index >= 15 is 0 Å². The molecule has 1 aromatic carbocycles. The van der Waals surface area contributed by atoms with Crippen LogP contribution in [0.25, 0.3) is 5.69 Å². The molecular weight excluding hydrogens is 348 g/mol. The van der Waals surface area contributed by atoms with Crippen molar-refractivity contribution < 1.29 is 19.4 Å². The molecule has 1 atom stereocenters. The highest BCUT2D eigenvalue weighted by molar-refractivity contribution is 5.93. The van der Waals surface area contributed by atoms with Gasteiger partial charge in [-0.25, -0.2) is 4.68 Å². The molecule has 2 aromatic rings. The molecule has 1 unspecified atom stereocenters. The van der Waals surface area contributed by atoms with E-state index in [0.29, 0.717) is 12.1 Å². The lowest BCUT2D eigenvalue weighted by molar-refractivity contribution is -0.141. The quantitative estimate of drug-likeness (QED) is 0.762. The van der Waals surface area contributed by atoms with E-state index in [4.69, 9.17) is 9.84 Å². The van der Waals surface area contributed by atoms with Gasteiger partial charge in [0, 0.05) is 13.6 Å². The van der Waals surface area contributed by atoms with Crippen molar-refractivity contribution in [2.24, 2.45) is 5.92 Å². The molecule has 0 saturated heterocycles. The van der Waals surface area contributed by atoms with Crippen molar-refractivity contribution in [2.45, 2.75) is 40.2 Å². The number of carboxylic acids is 1. The van der Waals surface area contributed by atoms with E-state index in [9.17, 15) is 9.59 Å². The molecule has 0 aliphatic heterocycles. The Morgan fingerprint density at radius 1 is 1.22 bits per heavy atom. The largest absolute Gasteiger partial charge is 0.491 e. The Morgan fingerprint density at radius 3 is 2.37 bits per heavy atom. The van der Waals surface area contributed by atoms with Crippen molar-refractivity contribution in [3.63, 3.8) is 0 Å². The summed E-state index contributed by atoms with van der Waals surface area (Å²) in [5.74, 6) is -1.19. The molecule has 0 spiro atoms. The van der Waals surface area contributed by atoms with Gasteiger partial charge in [0.15, 0.2) is 5.69 Å². The molecule has 1 aromatic heterocycles. The summed E-state index contributed by atoms with van der Waals surface area (Å²) >= 11 is 0. The average molecular weight is 374 g/mol. The number of carbonyl (C=O) groups excluding carboxylic acids is 1. The standard InChI is InChI=1S/C19H26N4O4/c1-6-16-17(18(24)22(5)11-13(4)19(25)26)20-21-23(16)14-7-9-15(10-8-14)27-12(2)3/h7-10,12-13H,6,11H2,1-5H3,(H,25,26). The van der Waals surface area contributed by atoms with Crippen LogP contribution in [0.4, 0.5) is 0 Å². The zero-order chi connectivity index (χ0) is 20.1. The van der Waals surface area contributed by atoms with E-state index in [-0.39, 0.29) is 24.2 Å². The Balaban J connectivity index is 2.25. The van der Waals surface area contributed by atoms with Crippen LogP contribution in [0.1, 0.15) is 43.9 Å². The van der Waals surface area contributed by atoms with Gasteiger partial charge in [-0.15, -0.1) is 5.10 Å². The summed E-state index contributed by atoms with van der Waals surface area (Å²) in [6.07, 6.45) is 0.641. The number of carboxylic acid groups (broad SMARTS) is 1. The fraction of sp³-hybridized carbons (Fsp3) is 0.474. The first kappa shape index (κ1) is 20.4. The molecule has 2 rings (SSSR count). The van der Waals surface area contributed by atoms with Crippen LogP contribution in [0.2, 0.25) is 0 Å². The SMILES string of the molecule is CCc1c(C(=O)N(C)CC(C)C(=O)O)nnn1-c1ccc(OC(C)C)cc1. The Hall–Kier alpha value is -2.90. The van der Waals surface area contributed by atoms with E-state index in [1.807, 2.05) is 45.0 Å². The van der Waals surface area contributed by atoms with Gasteiger partial charge in [-0.2, -0.15) is 0 Å². The molecule has 27 heavy (non-hydrogen) atoms. The van der Waals surface area contributed by atoms with Gasteiger partial charge in [-0.1, -0.05) is 19.1 Å². The second-order valence-corrected chi connectivity index (χ2v) is 6.74. The fourth-order valence-corrected chi connectivity index (χ4v) is 2.68. The van der Waals surface area contributed by atoms with Crippen molar-refractivity contribution in [1.82, 2.24) is 19.9 Å². The summed E-state index contributed by atoms with van der Waals surface area (Å²) in [5.41, 5.74) is 1.68. The number of aromatic nitrogens is 3. The molecule has 0 bridgehead atoms. The monoisotopic (exact) mass is 374 g/mol. The number of carbonyl (C=O) groups is 2. The minimum absolute atomic E-state index is 0.0846. The summed E-state index contributed by atoms with van der Waals surface area (Å²) in [4.78, 5) is 25.1. The van der Waals surface area contributed by atoms with Gasteiger partial charge in [0.25, 0.3) is 5.91 Å². The number of amides is 1. The molecule has 0 fully saturated rings. The van der Waals surface area contributed by atoms with Crippen LogP contribution in [-0.2, 0) is 11.2 Å². The van der Waals surface area contributed by atoms with Gasteiger partial charge in [0.05, 0.1) is 23.4 Å². The third-order valence-corrected chi connectivity index (χ3v) is 4.07. The van der Waals surface area contributed by atoms with E-state index in [2.05, 4.69) is 10.3 Å². The molecule has 0 saturated carbocycles. The Bertz CT molecular complexity index is 799. The minimum Gasteiger partial charge on any atom is -0.491 e. The Labute approximate surface area is 158 Å². The highest BCUT2D eigenvalue weighted by Crippen LogP contribution is 2.19. The summed E-state index contributed by atoms with van der Waals surface area (Å²) < 4.78 is 7.26. The lowest BCUT2D eigenvalue weighted by Gasteiger charge is -2.18. The first-order valence-electron chi connectivity index (χ1n) is 8.94. The molecule has 0 radical (unpaired) electrons. The summed E-state index contributed by atoms with van der Waals surface area (Å²) in [6.45, 7) is 7.50. The van der Waals surface area contributed by atoms with Crippen molar-refractivity contribution in [2.75, 3.05) is 13.6 Å². The van der Waals surface area contributed by atoms with Gasteiger partial charge in [0.1, 0.15) is 5.75 Å². The normalized spacial score (nSPS) is 12.1. The molecule has 1 amide bonds. The van der Waals surface area contributed by atoms with E-state index < -0.39 is 11.9 Å². The number of benzene rings is 1. The predicted octanol–water partition coefficient (Wildman–Crippen LogP) is 2.41. The van der Waals surface area contributed by atoms with Crippen molar-refractivity contribution in [1.29, 1.82) is 0 Å². The summed E-state index contributed by atoms with van der Waals surface area (Å²) in [7, 11) is 1.57. The number of rotatable bonds is 8. The minimum atomic E-state index is -0.947. The van der Waals surface area contributed by atoms with Crippen molar-refractivity contribution >= 4 is 11.9 Å². The molecular formula is C19H26N4O4. The van der Waals surface area contributed by atoms with E-state index in [0.717, 1.165) is 11.4 Å². The molecule has 0 aliphatic carbocycles. The van der Waals surface area contributed by atoms with E-state index in [1.165, 1.54) is 4.90 Å². The topological polar surface area (TPSA) is 97.5 Å². The first-order valence-corrected chi connectivity index (χ1v) is 8.94. The highest BCUT2D eigenvalue weighted by atomic mass is 16.5. The average Bonchev–Trinajstić information content (AvgIpc) is 3.04. The van der Waals surface area contributed by atoms with Gasteiger partial charge in [0.2, 0.25) is 0 Å². The van der Waals surface area contributed by atoms with Crippen LogP contribution in [-0.4, -0.2) is 56.6 Å². The zero-order valence-electron chi connectivity index (χ0n) is 16.3. The summed E-state index contributed by atoms with van der Waals surface area (Å²) in [5, 5.41) is 17.2. The molecule has 8 heteroatoms. The van der Waals surface area contributed by atoms with Crippen molar-refractivity contribution in [3.8, 4) is 11.4 Å². The van der Waals surface area contributed by atoms with Crippen LogP contribution >= 0.6 is 0 Å². The van der Waals surface area contributed by atoms with Gasteiger partial charge in [-0.05, 0) is 44.5 Å². The second kappa shape index (κ2) is 8.66. The number of hydrogen-bond donors (Lipinski definition) is 1. The molecule has 8 nitrogen and oxygen atoms in total. The van der Waals surface area contributed by atoms with Crippen LogP contribution < -0.4 is 4.74 Å². The first-order chi connectivity index (χ1) is 12.7. The van der Waals surface area contributed by atoms with Crippen LogP contribution in [0.15, 0.2) is 24.3 Å². The van der Waals surface area contributed by atoms with Crippen LogP contribution in [0.5, 0.6) is 5.75 Å². The number of aliphatic carboxylic acids is 1. The maximum absolute atomic E-state index is 12.7. The fourth-order valence-electron chi connectivity index (χ4n) is 2.68. The number of ether oxygens (including phenoxy) is 1. The second-order valence-electron chi connectivity index (χ2n) is 6.74. The molecule has 1 heterocycles. The zero-order valence-corrected chi connectivity index (χ0v) is 16.3. The molecule has 1 N–H and O–H groups in total. The van der Waals surface area contributed by atoms with Crippen LogP contribution in [0, 0.1) is 5.92 Å². The van der Waals surface area contributed by atoms with Gasteiger partial charge in [-0.3, -0.25) is 9.59 Å². The van der Waals surface area contributed by atoms with E-state index in [1.54, 1.807) is 18.7 Å². The van der Waals surface area contributed by atoms with Crippen molar-refractivity contribution in [3.05, 3.63) is 35.7 Å². The number of nitrogens with zero attached hydrogens (tertiary/aromatic N) is 4. The Morgan fingerprint density at radius 2 is 1.85 bits per heavy atom. The Kier molecular flexibility index (Phi) is 6.55. The summed E-state index contributed by atoms with van der Waals surface area (Å²) in [6, 6.07) is 7.41. The van der Waals surface area contributed by atoms with Gasteiger partial charge < -0.3 is 14.7 Å². The lowest BCUT2D eigenvalue weighted by Crippen LogP contribution is -2.34. The highest BCUT2D eigenvalue weighted by Gasteiger charge is 2.24. The molecule has 0 aliphatic rings. The molecule has 146 valence electrons. The third kappa shape index (κ3) is 4.84. The smallest absolute Gasteiger partial charge is 0.308 e. The van der Waals surface area contributed by atoms with Gasteiger partial charge >= 0.3 is 5.97 Å².